The van der Waals surface area contributed by atoms with E-state index in [4.69, 9.17) is 11.6 Å². The van der Waals surface area contributed by atoms with Gasteiger partial charge in [-0.25, -0.2) is 4.79 Å². The van der Waals surface area contributed by atoms with E-state index in [-0.39, 0.29) is 6.03 Å². The molecule has 1 N–H and O–H groups in total. The first-order chi connectivity index (χ1) is 11.6. The Morgan fingerprint density at radius 3 is 2.46 bits per heavy atom. The quantitative estimate of drug-likeness (QED) is 0.922. The third-order valence-corrected chi connectivity index (χ3v) is 4.78. The van der Waals surface area contributed by atoms with Crippen LogP contribution in [0.5, 0.6) is 0 Å². The number of halogens is 1. The normalized spacial score (nSPS) is 14.6. The van der Waals surface area contributed by atoms with E-state index >= 15 is 0 Å². The van der Waals surface area contributed by atoms with Crippen LogP contribution in [0.1, 0.15) is 11.1 Å². The minimum absolute atomic E-state index is 0.000409. The number of carbonyl (C=O) groups excluding carboxylic acids is 1. The molecule has 2 amide bonds. The van der Waals surface area contributed by atoms with E-state index < -0.39 is 0 Å². The maximum atomic E-state index is 12.3. The topological polar surface area (TPSA) is 35.6 Å². The number of nitrogens with one attached hydrogen (secondary N) is 1. The van der Waals surface area contributed by atoms with Crippen molar-refractivity contribution in [1.82, 2.24) is 10.2 Å². The van der Waals surface area contributed by atoms with Crippen molar-refractivity contribution in [3.63, 3.8) is 0 Å². The van der Waals surface area contributed by atoms with E-state index in [0.29, 0.717) is 19.6 Å². The van der Waals surface area contributed by atoms with Crippen molar-refractivity contribution in [1.29, 1.82) is 0 Å². The molecule has 1 fully saturated rings. The Hall–Kier alpha value is -2.20. The van der Waals surface area contributed by atoms with E-state index in [1.165, 1.54) is 0 Å². The van der Waals surface area contributed by atoms with Crippen molar-refractivity contribution in [2.45, 2.75) is 13.5 Å². The maximum absolute atomic E-state index is 12.3. The lowest BCUT2D eigenvalue weighted by Crippen LogP contribution is -2.51. The molecule has 0 aliphatic carbocycles. The molecule has 2 aromatic rings. The number of hydrogen-bond acceptors (Lipinski definition) is 2. The van der Waals surface area contributed by atoms with Crippen LogP contribution >= 0.6 is 11.6 Å². The first kappa shape index (κ1) is 16.7. The molecule has 126 valence electrons. The molecule has 24 heavy (non-hydrogen) atoms. The molecule has 2 aromatic carbocycles. The number of anilines is 1. The van der Waals surface area contributed by atoms with Crippen LogP contribution < -0.4 is 10.2 Å². The fourth-order valence-corrected chi connectivity index (χ4v) is 3.01. The number of urea groups is 1. The van der Waals surface area contributed by atoms with Gasteiger partial charge in [0.1, 0.15) is 0 Å². The van der Waals surface area contributed by atoms with Gasteiger partial charge in [0.2, 0.25) is 0 Å². The summed E-state index contributed by atoms with van der Waals surface area (Å²) >= 11 is 6.21. The largest absolute Gasteiger partial charge is 0.368 e. The highest BCUT2D eigenvalue weighted by Gasteiger charge is 2.21. The molecule has 0 spiro atoms. The predicted molar refractivity (Wildman–Crippen MR) is 98.7 cm³/mol. The van der Waals surface area contributed by atoms with Crippen LogP contribution in [0.3, 0.4) is 0 Å². The zero-order valence-corrected chi connectivity index (χ0v) is 14.6. The van der Waals surface area contributed by atoms with E-state index in [9.17, 15) is 4.79 Å². The molecule has 0 saturated carbocycles. The molecule has 0 bridgehead atoms. The first-order valence-corrected chi connectivity index (χ1v) is 8.59. The highest BCUT2D eigenvalue weighted by atomic mass is 35.5. The van der Waals surface area contributed by atoms with Gasteiger partial charge < -0.3 is 15.1 Å². The lowest BCUT2D eigenvalue weighted by atomic mass is 10.2. The summed E-state index contributed by atoms with van der Waals surface area (Å²) in [5, 5.41) is 3.77. The van der Waals surface area contributed by atoms with Crippen molar-refractivity contribution in [2.24, 2.45) is 0 Å². The number of amides is 2. The maximum Gasteiger partial charge on any atom is 0.317 e. The van der Waals surface area contributed by atoms with E-state index in [1.54, 1.807) is 0 Å². The number of hydrogen-bond donors (Lipinski definition) is 1. The number of benzene rings is 2. The zero-order valence-electron chi connectivity index (χ0n) is 13.8. The summed E-state index contributed by atoms with van der Waals surface area (Å²) in [6.45, 7) is 5.63. The Bertz CT molecular complexity index is 697. The van der Waals surface area contributed by atoms with Crippen molar-refractivity contribution >= 4 is 23.3 Å². The summed E-state index contributed by atoms with van der Waals surface area (Å²) in [5.41, 5.74) is 3.31. The van der Waals surface area contributed by atoms with E-state index in [2.05, 4.69) is 16.3 Å². The third-order valence-electron chi connectivity index (χ3n) is 4.37. The summed E-state index contributed by atoms with van der Waals surface area (Å²) in [6, 6.07) is 16.1. The minimum Gasteiger partial charge on any atom is -0.368 e. The van der Waals surface area contributed by atoms with Gasteiger partial charge in [-0.2, -0.15) is 0 Å². The first-order valence-electron chi connectivity index (χ1n) is 8.21. The molecule has 0 aromatic heterocycles. The molecule has 0 unspecified atom stereocenters. The second-order valence-electron chi connectivity index (χ2n) is 6.05. The van der Waals surface area contributed by atoms with Crippen molar-refractivity contribution in [3.8, 4) is 0 Å². The molecule has 1 aliphatic rings. The molecule has 5 heteroatoms. The Labute approximate surface area is 148 Å². The molecule has 1 heterocycles. The summed E-state index contributed by atoms with van der Waals surface area (Å²) in [7, 11) is 0. The Kier molecular flexibility index (Phi) is 5.26. The second-order valence-corrected chi connectivity index (χ2v) is 6.46. The van der Waals surface area contributed by atoms with Crippen LogP contribution in [0.15, 0.2) is 48.5 Å². The van der Waals surface area contributed by atoms with Gasteiger partial charge in [-0.05, 0) is 30.2 Å². The fourth-order valence-electron chi connectivity index (χ4n) is 2.83. The predicted octanol–water partition coefficient (Wildman–Crippen LogP) is 3.68. The van der Waals surface area contributed by atoms with Crippen LogP contribution in [0.4, 0.5) is 10.5 Å². The van der Waals surface area contributed by atoms with Gasteiger partial charge in [-0.1, -0.05) is 48.0 Å². The molecule has 0 atom stereocenters. The number of piperazine rings is 1. The molecular weight excluding hydrogens is 322 g/mol. The van der Waals surface area contributed by atoms with Crippen LogP contribution in [0, 0.1) is 6.92 Å². The average Bonchev–Trinajstić information content (AvgIpc) is 2.63. The van der Waals surface area contributed by atoms with Gasteiger partial charge in [-0.3, -0.25) is 0 Å². The molecule has 0 radical (unpaired) electrons. The second kappa shape index (κ2) is 7.58. The fraction of sp³-hybridized carbons (Fsp3) is 0.316. The molecular formula is C19H22ClN3O. The zero-order chi connectivity index (χ0) is 16.9. The number of nitrogens with zero attached hydrogens (tertiary/aromatic N) is 2. The SMILES string of the molecule is Cc1ccc(N2CCN(C(=O)NCc3ccccc3)CC2)cc1Cl. The Balaban J connectivity index is 1.51. The monoisotopic (exact) mass is 343 g/mol. The van der Waals surface area contributed by atoms with Gasteiger partial charge in [0.15, 0.2) is 0 Å². The van der Waals surface area contributed by atoms with Crippen molar-refractivity contribution in [3.05, 3.63) is 64.7 Å². The van der Waals surface area contributed by atoms with Gasteiger partial charge in [0.05, 0.1) is 0 Å². The molecule has 3 rings (SSSR count). The molecule has 1 saturated heterocycles. The summed E-state index contributed by atoms with van der Waals surface area (Å²) in [5.74, 6) is 0. The van der Waals surface area contributed by atoms with E-state index in [1.807, 2.05) is 54.3 Å². The molecule has 4 nitrogen and oxygen atoms in total. The summed E-state index contributed by atoms with van der Waals surface area (Å²) < 4.78 is 0. The Morgan fingerprint density at radius 2 is 1.79 bits per heavy atom. The van der Waals surface area contributed by atoms with Crippen LogP contribution in [0.2, 0.25) is 5.02 Å². The highest BCUT2D eigenvalue weighted by molar-refractivity contribution is 6.31. The Morgan fingerprint density at radius 1 is 1.08 bits per heavy atom. The van der Waals surface area contributed by atoms with Crippen LogP contribution in [-0.4, -0.2) is 37.1 Å². The lowest BCUT2D eigenvalue weighted by Gasteiger charge is -2.36. The average molecular weight is 344 g/mol. The highest BCUT2D eigenvalue weighted by Crippen LogP contribution is 2.24. The molecule has 1 aliphatic heterocycles. The standard InChI is InChI=1S/C19H22ClN3O/c1-15-7-8-17(13-18(15)20)22-9-11-23(12-10-22)19(24)21-14-16-5-3-2-4-6-16/h2-8,13H,9-12,14H2,1H3,(H,21,24). The van der Waals surface area contributed by atoms with E-state index in [0.717, 1.165) is 34.9 Å². The third kappa shape index (κ3) is 4.01. The van der Waals surface area contributed by atoms with Crippen molar-refractivity contribution < 1.29 is 4.79 Å². The number of aryl methyl sites for hydroxylation is 1. The summed E-state index contributed by atoms with van der Waals surface area (Å²) in [6.07, 6.45) is 0. The van der Waals surface area contributed by atoms with Crippen LogP contribution in [-0.2, 0) is 6.54 Å². The van der Waals surface area contributed by atoms with Gasteiger partial charge in [0, 0.05) is 43.4 Å². The van der Waals surface area contributed by atoms with Gasteiger partial charge in [0.25, 0.3) is 0 Å². The number of rotatable bonds is 3. The van der Waals surface area contributed by atoms with Crippen LogP contribution in [0.25, 0.3) is 0 Å². The smallest absolute Gasteiger partial charge is 0.317 e. The minimum atomic E-state index is 0.000409. The van der Waals surface area contributed by atoms with Crippen molar-refractivity contribution in [2.75, 3.05) is 31.1 Å². The lowest BCUT2D eigenvalue weighted by molar-refractivity contribution is 0.194. The van der Waals surface area contributed by atoms with Gasteiger partial charge in [-0.15, -0.1) is 0 Å². The number of carbonyl (C=O) groups is 1. The van der Waals surface area contributed by atoms with Gasteiger partial charge >= 0.3 is 6.03 Å². The summed E-state index contributed by atoms with van der Waals surface area (Å²) in [4.78, 5) is 16.4.